The number of carbonyl (C=O) groups is 7. The minimum atomic E-state index is -3.45. The summed E-state index contributed by atoms with van der Waals surface area (Å²) < 4.78 is 34.8. The third-order valence-electron chi connectivity index (χ3n) is 8.62. The first-order valence-corrected chi connectivity index (χ1v) is 17.3. The van der Waals surface area contributed by atoms with Crippen LogP contribution in [-0.4, -0.2) is 114 Å². The molecule has 1 unspecified atom stereocenters. The third kappa shape index (κ3) is 12.5. The van der Waals surface area contributed by atoms with Gasteiger partial charge < -0.3 is 35.8 Å². The molecule has 6 amide bonds. The van der Waals surface area contributed by atoms with Gasteiger partial charge in [0.2, 0.25) is 29.4 Å². The van der Waals surface area contributed by atoms with E-state index in [1.54, 1.807) is 62.6 Å². The summed E-state index contributed by atoms with van der Waals surface area (Å²) >= 11 is 0. The molecule has 14 nitrogen and oxygen atoms in total. The van der Waals surface area contributed by atoms with Gasteiger partial charge in [-0.05, 0) is 51.4 Å². The topological polar surface area (TPSA) is 183 Å². The summed E-state index contributed by atoms with van der Waals surface area (Å²) in [5.41, 5.74) is -1.88. The van der Waals surface area contributed by atoms with Gasteiger partial charge in [0.1, 0.15) is 23.7 Å². The van der Waals surface area contributed by atoms with Crippen LogP contribution in [0.2, 0.25) is 0 Å². The fourth-order valence-corrected chi connectivity index (χ4v) is 6.11. The lowest BCUT2D eigenvalue weighted by atomic mass is 9.83. The van der Waals surface area contributed by atoms with Crippen molar-refractivity contribution in [1.82, 2.24) is 31.1 Å². The molecule has 0 aromatic heterocycles. The molecule has 0 spiro atoms. The Morgan fingerprint density at radius 1 is 0.920 bits per heavy atom. The maximum Gasteiger partial charge on any atom is 0.408 e. The average molecular weight is 715 g/mol. The Labute approximate surface area is 293 Å². The standard InChI is InChI=1S/C34H56F2N6O8/c1-10-14-21(25(44)28(46)37-18-23(43)39-24(29(47)41(8)9)20-15-12-11-13-16-20)38-27(45)22-17-34(35,36)19-42(22)30(48)26(32(2,3)4)40-31(49)50-33(5,6)7/h20-22,24,26H,10-19H2,1-9H3,(H,37,46)(H,38,45)(H,39,43)(H,40,49)/t21?,22-,24-,26+/m0/s1. The molecule has 2 aliphatic rings. The Morgan fingerprint density at radius 3 is 2.04 bits per heavy atom. The molecule has 2 rings (SSSR count). The van der Waals surface area contributed by atoms with Crippen molar-refractivity contribution >= 4 is 41.4 Å². The zero-order chi connectivity index (χ0) is 38.2. The van der Waals surface area contributed by atoms with Crippen molar-refractivity contribution in [3.63, 3.8) is 0 Å². The monoisotopic (exact) mass is 714 g/mol. The van der Waals surface area contributed by atoms with E-state index >= 15 is 0 Å². The van der Waals surface area contributed by atoms with Crippen LogP contribution in [0.3, 0.4) is 0 Å². The van der Waals surface area contributed by atoms with Crippen molar-refractivity contribution in [1.29, 1.82) is 0 Å². The number of hydrogen-bond acceptors (Lipinski definition) is 8. The molecule has 1 saturated heterocycles. The van der Waals surface area contributed by atoms with Crippen LogP contribution in [0.1, 0.15) is 99.8 Å². The van der Waals surface area contributed by atoms with Crippen LogP contribution in [0.15, 0.2) is 0 Å². The number of alkyl carbamates (subject to hydrolysis) is 1. The van der Waals surface area contributed by atoms with Gasteiger partial charge in [-0.1, -0.05) is 53.4 Å². The summed E-state index contributed by atoms with van der Waals surface area (Å²) in [6, 6.07) is -5.29. The van der Waals surface area contributed by atoms with E-state index in [2.05, 4.69) is 21.3 Å². The van der Waals surface area contributed by atoms with Crippen LogP contribution in [-0.2, 0) is 33.5 Å². The van der Waals surface area contributed by atoms with Gasteiger partial charge in [-0.25, -0.2) is 13.6 Å². The Balaban J connectivity index is 2.15. The van der Waals surface area contributed by atoms with Gasteiger partial charge >= 0.3 is 6.09 Å². The lowest BCUT2D eigenvalue weighted by molar-refractivity contribution is -0.144. The third-order valence-corrected chi connectivity index (χ3v) is 8.62. The molecular weight excluding hydrogens is 658 g/mol. The number of hydrogen-bond donors (Lipinski definition) is 4. The molecule has 2 fully saturated rings. The predicted molar refractivity (Wildman–Crippen MR) is 180 cm³/mol. The molecule has 16 heteroatoms. The zero-order valence-corrected chi connectivity index (χ0v) is 30.9. The first kappa shape index (κ1) is 42.3. The number of amides is 6. The highest BCUT2D eigenvalue weighted by molar-refractivity contribution is 6.38. The second-order valence-electron chi connectivity index (χ2n) is 15.6. The maximum absolute atomic E-state index is 14.8. The van der Waals surface area contributed by atoms with Crippen molar-refractivity contribution < 1.29 is 47.1 Å². The fraction of sp³-hybridized carbons (Fsp3) is 0.794. The molecule has 0 aromatic carbocycles. The predicted octanol–water partition coefficient (Wildman–Crippen LogP) is 2.29. The lowest BCUT2D eigenvalue weighted by Crippen LogP contribution is -2.59. The number of nitrogens with one attached hydrogen (secondary N) is 4. The van der Waals surface area contributed by atoms with E-state index in [0.29, 0.717) is 11.3 Å². The van der Waals surface area contributed by atoms with Crippen LogP contribution < -0.4 is 21.3 Å². The van der Waals surface area contributed by atoms with Crippen LogP contribution in [0.25, 0.3) is 0 Å². The van der Waals surface area contributed by atoms with Crippen LogP contribution in [0.4, 0.5) is 13.6 Å². The van der Waals surface area contributed by atoms with Gasteiger partial charge in [0.05, 0.1) is 19.1 Å². The molecule has 0 bridgehead atoms. The van der Waals surface area contributed by atoms with E-state index in [9.17, 15) is 42.3 Å². The molecule has 0 aromatic rings. The van der Waals surface area contributed by atoms with Crippen molar-refractivity contribution in [2.45, 2.75) is 136 Å². The van der Waals surface area contributed by atoms with Gasteiger partial charge in [0.15, 0.2) is 0 Å². The molecule has 1 heterocycles. The molecular formula is C34H56F2N6O8. The summed E-state index contributed by atoms with van der Waals surface area (Å²) in [5.74, 6) is -8.79. The largest absolute Gasteiger partial charge is 0.444 e. The molecule has 1 aliphatic carbocycles. The Morgan fingerprint density at radius 2 is 1.52 bits per heavy atom. The number of nitrogens with zero attached hydrogens (tertiary/aromatic N) is 2. The molecule has 4 atom stereocenters. The summed E-state index contributed by atoms with van der Waals surface area (Å²) in [6.07, 6.45) is 2.72. The average Bonchev–Trinajstić information content (AvgIpc) is 3.34. The maximum atomic E-state index is 14.8. The highest BCUT2D eigenvalue weighted by Gasteiger charge is 2.53. The number of Topliss-reactive ketones (excluding diaryl/α,β-unsaturated/α-hetero) is 1. The summed E-state index contributed by atoms with van der Waals surface area (Å²) in [5, 5.41) is 9.73. The van der Waals surface area contributed by atoms with Crippen molar-refractivity contribution in [2.24, 2.45) is 11.3 Å². The van der Waals surface area contributed by atoms with E-state index in [4.69, 9.17) is 4.74 Å². The molecule has 4 N–H and O–H groups in total. The SMILES string of the molecule is CCCC(NC(=O)[C@@H]1CC(F)(F)CN1C(=O)[C@@H](NC(=O)OC(C)(C)C)C(C)(C)C)C(=O)C(=O)NCC(=O)N[C@H](C(=O)N(C)C)C1CCCCC1. The number of likely N-dealkylation sites (tertiary alicyclic amines) is 1. The first-order chi connectivity index (χ1) is 23.0. The fourth-order valence-electron chi connectivity index (χ4n) is 6.11. The van der Waals surface area contributed by atoms with Gasteiger partial charge in [-0.2, -0.15) is 0 Å². The highest BCUT2D eigenvalue weighted by atomic mass is 19.3. The van der Waals surface area contributed by atoms with Gasteiger partial charge in [-0.3, -0.25) is 28.8 Å². The Hall–Kier alpha value is -3.85. The molecule has 50 heavy (non-hydrogen) atoms. The first-order valence-electron chi connectivity index (χ1n) is 17.3. The van der Waals surface area contributed by atoms with Crippen LogP contribution in [0.5, 0.6) is 0 Å². The highest BCUT2D eigenvalue weighted by Crippen LogP contribution is 2.35. The summed E-state index contributed by atoms with van der Waals surface area (Å²) in [4.78, 5) is 93.5. The normalized spacial score (nSPS) is 19.7. The minimum absolute atomic E-state index is 0.0346. The number of rotatable bonds is 13. The number of ether oxygens (including phenoxy) is 1. The number of ketones is 1. The van der Waals surface area contributed by atoms with E-state index in [-0.39, 0.29) is 18.2 Å². The molecule has 1 saturated carbocycles. The smallest absolute Gasteiger partial charge is 0.408 e. The van der Waals surface area contributed by atoms with Crippen LogP contribution in [0, 0.1) is 11.3 Å². The van der Waals surface area contributed by atoms with Crippen LogP contribution >= 0.6 is 0 Å². The summed E-state index contributed by atoms with van der Waals surface area (Å²) in [7, 11) is 3.16. The number of halogens is 2. The number of carbonyl (C=O) groups excluding carboxylic acids is 7. The quantitative estimate of drug-likeness (QED) is 0.210. The molecule has 0 radical (unpaired) electrons. The van der Waals surface area contributed by atoms with Crippen molar-refractivity contribution in [3.8, 4) is 0 Å². The Bertz CT molecular complexity index is 1270. The van der Waals surface area contributed by atoms with Crippen molar-refractivity contribution in [2.75, 3.05) is 27.2 Å². The number of likely N-dealkylation sites (N-methyl/N-ethyl adjacent to an activating group) is 1. The minimum Gasteiger partial charge on any atom is -0.444 e. The lowest BCUT2D eigenvalue weighted by Gasteiger charge is -2.35. The Kier molecular flexibility index (Phi) is 14.7. The van der Waals surface area contributed by atoms with E-state index in [1.165, 1.54) is 4.90 Å². The molecule has 1 aliphatic heterocycles. The zero-order valence-electron chi connectivity index (χ0n) is 30.9. The van der Waals surface area contributed by atoms with E-state index in [1.807, 2.05) is 0 Å². The van der Waals surface area contributed by atoms with E-state index < -0.39 is 96.1 Å². The van der Waals surface area contributed by atoms with Gasteiger partial charge in [0, 0.05) is 20.5 Å². The second-order valence-corrected chi connectivity index (χ2v) is 15.6. The van der Waals surface area contributed by atoms with Gasteiger partial charge in [-0.15, -0.1) is 0 Å². The number of alkyl halides is 2. The second kappa shape index (κ2) is 17.4. The summed E-state index contributed by atoms with van der Waals surface area (Å²) in [6.45, 7) is 9.65. The van der Waals surface area contributed by atoms with Crippen molar-refractivity contribution in [3.05, 3.63) is 0 Å². The molecule has 284 valence electrons. The van der Waals surface area contributed by atoms with Gasteiger partial charge in [0.25, 0.3) is 11.8 Å². The van der Waals surface area contributed by atoms with E-state index in [0.717, 1.165) is 32.1 Å².